The van der Waals surface area contributed by atoms with Crippen LogP contribution in [0.3, 0.4) is 0 Å². The summed E-state index contributed by atoms with van der Waals surface area (Å²) in [5, 5.41) is 2.51. The number of hydrogen-bond acceptors (Lipinski definition) is 5. The molecule has 1 unspecified atom stereocenters. The highest BCUT2D eigenvalue weighted by atomic mass is 32.2. The topological polar surface area (TPSA) is 93.7 Å². The van der Waals surface area contributed by atoms with Crippen LogP contribution >= 0.6 is 0 Å². The van der Waals surface area contributed by atoms with E-state index in [1.54, 1.807) is 24.3 Å². The van der Waals surface area contributed by atoms with E-state index in [1.807, 2.05) is 6.07 Å². The van der Waals surface area contributed by atoms with E-state index in [0.29, 0.717) is 5.75 Å². The maximum absolute atomic E-state index is 13.3. The lowest BCUT2D eigenvalue weighted by Gasteiger charge is -2.16. The maximum atomic E-state index is 13.3. The molecule has 0 aliphatic carbocycles. The van der Waals surface area contributed by atoms with Crippen molar-refractivity contribution >= 4 is 15.9 Å². The van der Waals surface area contributed by atoms with Crippen LogP contribution in [0.5, 0.6) is 11.5 Å². The van der Waals surface area contributed by atoms with E-state index in [0.717, 1.165) is 5.56 Å². The Kier molecular flexibility index (Phi) is 7.14. The molecule has 2 rings (SSSR count). The number of hydrogen-bond donors (Lipinski definition) is 2. The Hall–Kier alpha value is -2.65. The van der Waals surface area contributed by atoms with Gasteiger partial charge in [-0.1, -0.05) is 30.3 Å². The van der Waals surface area contributed by atoms with Crippen molar-refractivity contribution in [2.45, 2.75) is 17.5 Å². The first-order chi connectivity index (χ1) is 12.9. The molecule has 0 saturated heterocycles. The summed E-state index contributed by atoms with van der Waals surface area (Å²) in [7, 11) is -1.36. The number of ether oxygens (including phenoxy) is 2. The molecule has 2 aromatic carbocycles. The quantitative estimate of drug-likeness (QED) is 0.672. The van der Waals surface area contributed by atoms with E-state index in [9.17, 15) is 17.6 Å². The molecule has 0 aliphatic rings. The largest absolute Gasteiger partial charge is 0.493 e. The zero-order valence-corrected chi connectivity index (χ0v) is 15.8. The molecule has 0 spiro atoms. The normalized spacial score (nSPS) is 12.3. The minimum absolute atomic E-state index is 0.161. The third-order valence-corrected chi connectivity index (χ3v) is 5.21. The predicted octanol–water partition coefficient (Wildman–Crippen LogP) is 1.64. The van der Waals surface area contributed by atoms with E-state index in [2.05, 4.69) is 10.0 Å². The zero-order valence-electron chi connectivity index (χ0n) is 14.9. The minimum Gasteiger partial charge on any atom is -0.493 e. The number of nitrogens with one attached hydrogen (secondary N) is 2. The number of rotatable bonds is 9. The number of benzene rings is 2. The molecule has 27 heavy (non-hydrogen) atoms. The summed E-state index contributed by atoms with van der Waals surface area (Å²) < 4.78 is 50.5. The van der Waals surface area contributed by atoms with Gasteiger partial charge < -0.3 is 14.8 Å². The number of carbonyl (C=O) groups is 1. The highest BCUT2D eigenvalue weighted by Crippen LogP contribution is 2.29. The number of halogens is 1. The summed E-state index contributed by atoms with van der Waals surface area (Å²) in [6.45, 7) is -1.03. The van der Waals surface area contributed by atoms with Crippen LogP contribution in [0.25, 0.3) is 0 Å². The van der Waals surface area contributed by atoms with Gasteiger partial charge in [-0.3, -0.25) is 4.79 Å². The van der Waals surface area contributed by atoms with Gasteiger partial charge in [0.05, 0.1) is 19.1 Å². The second-order valence-corrected chi connectivity index (χ2v) is 7.26. The van der Waals surface area contributed by atoms with Gasteiger partial charge in [0.2, 0.25) is 15.9 Å². The van der Waals surface area contributed by atoms with Crippen molar-refractivity contribution in [1.82, 2.24) is 10.0 Å². The average molecular weight is 396 g/mol. The Morgan fingerprint density at radius 2 is 1.74 bits per heavy atom. The Labute approximate surface area is 157 Å². The Balaban J connectivity index is 2.10. The van der Waals surface area contributed by atoms with E-state index < -0.39 is 28.6 Å². The van der Waals surface area contributed by atoms with Gasteiger partial charge in [0.15, 0.2) is 11.5 Å². The van der Waals surface area contributed by atoms with Crippen molar-refractivity contribution in [3.05, 3.63) is 54.1 Å². The first kappa shape index (κ1) is 20.7. The molecule has 146 valence electrons. The van der Waals surface area contributed by atoms with E-state index in [4.69, 9.17) is 9.47 Å². The Morgan fingerprint density at radius 1 is 1.07 bits per heavy atom. The van der Waals surface area contributed by atoms with Crippen LogP contribution in [-0.2, 0) is 21.4 Å². The molecule has 0 saturated carbocycles. The second kappa shape index (κ2) is 9.33. The standard InChI is InChI=1S/C18H21FN2O5S/c1-25-16-9-8-14(10-17(16)26-2)27(23,24)21-15(11-19)18(22)20-12-13-6-4-3-5-7-13/h3-10,15,21H,11-12H2,1-2H3,(H,20,22). The molecule has 0 aliphatic heterocycles. The molecule has 0 bridgehead atoms. The summed E-state index contributed by atoms with van der Waals surface area (Å²) >= 11 is 0. The number of methoxy groups -OCH3 is 2. The van der Waals surface area contributed by atoms with Gasteiger partial charge in [0.25, 0.3) is 0 Å². The van der Waals surface area contributed by atoms with Gasteiger partial charge in [-0.05, 0) is 17.7 Å². The number of amides is 1. The summed E-state index contributed by atoms with van der Waals surface area (Å²) in [4.78, 5) is 12.0. The molecule has 7 nitrogen and oxygen atoms in total. The van der Waals surface area contributed by atoms with Crippen molar-refractivity contribution in [3.8, 4) is 11.5 Å². The van der Waals surface area contributed by atoms with E-state index in [1.165, 1.54) is 32.4 Å². The average Bonchev–Trinajstić information content (AvgIpc) is 2.70. The van der Waals surface area contributed by atoms with Crippen molar-refractivity contribution in [1.29, 1.82) is 0 Å². The fourth-order valence-electron chi connectivity index (χ4n) is 2.30. The predicted molar refractivity (Wildman–Crippen MR) is 97.9 cm³/mol. The van der Waals surface area contributed by atoms with Gasteiger partial charge in [-0.15, -0.1) is 0 Å². The van der Waals surface area contributed by atoms with Crippen LogP contribution in [0.1, 0.15) is 5.56 Å². The maximum Gasteiger partial charge on any atom is 0.241 e. The van der Waals surface area contributed by atoms with Crippen molar-refractivity contribution in [2.75, 3.05) is 20.9 Å². The van der Waals surface area contributed by atoms with Crippen LogP contribution in [0, 0.1) is 0 Å². The third-order valence-electron chi connectivity index (χ3n) is 3.74. The molecule has 0 aromatic heterocycles. The smallest absolute Gasteiger partial charge is 0.241 e. The molecule has 1 amide bonds. The van der Waals surface area contributed by atoms with Gasteiger partial charge >= 0.3 is 0 Å². The van der Waals surface area contributed by atoms with Crippen molar-refractivity contribution < 1.29 is 27.1 Å². The fraction of sp³-hybridized carbons (Fsp3) is 0.278. The highest BCUT2D eigenvalue weighted by molar-refractivity contribution is 7.89. The molecular weight excluding hydrogens is 375 g/mol. The molecule has 0 fully saturated rings. The number of alkyl halides is 1. The fourth-order valence-corrected chi connectivity index (χ4v) is 3.49. The SMILES string of the molecule is COc1ccc(S(=O)(=O)NC(CF)C(=O)NCc2ccccc2)cc1OC. The van der Waals surface area contributed by atoms with Crippen molar-refractivity contribution in [2.24, 2.45) is 0 Å². The Morgan fingerprint density at radius 3 is 2.33 bits per heavy atom. The van der Waals surface area contributed by atoms with Gasteiger partial charge in [-0.25, -0.2) is 12.8 Å². The van der Waals surface area contributed by atoms with Crippen LogP contribution in [0.15, 0.2) is 53.4 Å². The molecule has 2 N–H and O–H groups in total. The second-order valence-electron chi connectivity index (χ2n) is 5.55. The lowest BCUT2D eigenvalue weighted by atomic mass is 10.2. The summed E-state index contributed by atoms with van der Waals surface area (Å²) in [5.74, 6) is -0.213. The Bertz CT molecular complexity index is 875. The molecular formula is C18H21FN2O5S. The zero-order chi connectivity index (χ0) is 19.9. The van der Waals surface area contributed by atoms with Gasteiger partial charge in [0.1, 0.15) is 12.7 Å². The molecule has 0 heterocycles. The van der Waals surface area contributed by atoms with E-state index >= 15 is 0 Å². The summed E-state index contributed by atoms with van der Waals surface area (Å²) in [5.41, 5.74) is 0.811. The van der Waals surface area contributed by atoms with Crippen LogP contribution in [-0.4, -0.2) is 41.3 Å². The molecule has 1 atom stereocenters. The third kappa shape index (κ3) is 5.41. The number of sulfonamides is 1. The molecule has 0 radical (unpaired) electrons. The lowest BCUT2D eigenvalue weighted by molar-refractivity contribution is -0.123. The number of carbonyl (C=O) groups excluding carboxylic acids is 1. The summed E-state index contributed by atoms with van der Waals surface area (Å²) in [6.07, 6.45) is 0. The molecule has 2 aromatic rings. The van der Waals surface area contributed by atoms with Crippen molar-refractivity contribution in [3.63, 3.8) is 0 Å². The minimum atomic E-state index is -4.14. The lowest BCUT2D eigenvalue weighted by Crippen LogP contribution is -2.47. The van der Waals surface area contributed by atoms with Gasteiger partial charge in [-0.2, -0.15) is 4.72 Å². The molecule has 9 heteroatoms. The van der Waals surface area contributed by atoms with Crippen LogP contribution in [0.4, 0.5) is 4.39 Å². The van der Waals surface area contributed by atoms with Crippen LogP contribution in [0.2, 0.25) is 0 Å². The van der Waals surface area contributed by atoms with Gasteiger partial charge in [0, 0.05) is 12.6 Å². The van der Waals surface area contributed by atoms with E-state index in [-0.39, 0.29) is 17.2 Å². The summed E-state index contributed by atoms with van der Waals surface area (Å²) in [6, 6.07) is 11.4. The monoisotopic (exact) mass is 396 g/mol. The highest BCUT2D eigenvalue weighted by Gasteiger charge is 2.26. The first-order valence-electron chi connectivity index (χ1n) is 8.03. The first-order valence-corrected chi connectivity index (χ1v) is 9.51. The van der Waals surface area contributed by atoms with Crippen LogP contribution < -0.4 is 19.5 Å².